The minimum Gasteiger partial charge on any atom is -0.497 e. The highest BCUT2D eigenvalue weighted by Gasteiger charge is 2.21. The molecule has 1 aromatic heterocycles. The van der Waals surface area contributed by atoms with Gasteiger partial charge in [0.2, 0.25) is 0 Å². The zero-order valence-electron chi connectivity index (χ0n) is 16.2. The molecule has 3 aromatic rings. The van der Waals surface area contributed by atoms with Crippen LogP contribution in [0.3, 0.4) is 0 Å². The summed E-state index contributed by atoms with van der Waals surface area (Å²) in [5.41, 5.74) is 3.99. The van der Waals surface area contributed by atoms with Gasteiger partial charge in [0.25, 0.3) is 0 Å². The summed E-state index contributed by atoms with van der Waals surface area (Å²) in [6.45, 7) is 5.97. The molecule has 0 bridgehead atoms. The van der Waals surface area contributed by atoms with Gasteiger partial charge in [-0.25, -0.2) is 0 Å². The van der Waals surface area contributed by atoms with Crippen LogP contribution < -0.4 is 4.74 Å². The van der Waals surface area contributed by atoms with Crippen molar-refractivity contribution in [1.29, 1.82) is 0 Å². The van der Waals surface area contributed by atoms with Gasteiger partial charge in [0.05, 0.1) is 12.4 Å². The number of carbonyl (C=O) groups excluding carboxylic acids is 1. The highest BCUT2D eigenvalue weighted by atomic mass is 32.2. The molecule has 0 aliphatic heterocycles. The van der Waals surface area contributed by atoms with Gasteiger partial charge in [-0.1, -0.05) is 23.9 Å². The van der Waals surface area contributed by atoms with Gasteiger partial charge < -0.3 is 9.30 Å². The lowest BCUT2D eigenvalue weighted by molar-refractivity contribution is 0.0993. The van der Waals surface area contributed by atoms with Gasteiger partial charge in [-0.2, -0.15) is 0 Å². The van der Waals surface area contributed by atoms with Crippen molar-refractivity contribution in [3.63, 3.8) is 0 Å². The SMILES string of the molecule is COc1ccc(-c2nnc(S[C@H](C)C(=O)c3ccc(C)c(C)c3)n2C)cc1. The van der Waals surface area contributed by atoms with E-state index in [1.54, 1.807) is 7.11 Å². The lowest BCUT2D eigenvalue weighted by Crippen LogP contribution is -2.14. The fourth-order valence-electron chi connectivity index (χ4n) is 2.75. The molecule has 27 heavy (non-hydrogen) atoms. The van der Waals surface area contributed by atoms with Crippen molar-refractivity contribution < 1.29 is 9.53 Å². The van der Waals surface area contributed by atoms with Crippen molar-refractivity contribution in [3.8, 4) is 17.1 Å². The summed E-state index contributed by atoms with van der Waals surface area (Å²) in [4.78, 5) is 12.8. The Morgan fingerprint density at radius 1 is 1.07 bits per heavy atom. The number of hydrogen-bond acceptors (Lipinski definition) is 5. The number of rotatable bonds is 6. The molecule has 0 spiro atoms. The van der Waals surface area contributed by atoms with Crippen molar-refractivity contribution in [2.75, 3.05) is 7.11 Å². The van der Waals surface area contributed by atoms with Gasteiger partial charge in [-0.3, -0.25) is 4.79 Å². The Morgan fingerprint density at radius 3 is 2.41 bits per heavy atom. The van der Waals surface area contributed by atoms with Gasteiger partial charge in [-0.15, -0.1) is 10.2 Å². The maximum Gasteiger partial charge on any atom is 0.191 e. The predicted molar refractivity (Wildman–Crippen MR) is 109 cm³/mol. The summed E-state index contributed by atoms with van der Waals surface area (Å²) in [5.74, 6) is 1.64. The Morgan fingerprint density at radius 2 is 1.78 bits per heavy atom. The summed E-state index contributed by atoms with van der Waals surface area (Å²) in [7, 11) is 3.55. The van der Waals surface area contributed by atoms with Crippen molar-refractivity contribution in [1.82, 2.24) is 14.8 Å². The van der Waals surface area contributed by atoms with E-state index in [0.717, 1.165) is 28.3 Å². The van der Waals surface area contributed by atoms with Crippen LogP contribution in [0.4, 0.5) is 0 Å². The average molecular weight is 382 g/mol. The van der Waals surface area contributed by atoms with Crippen molar-refractivity contribution in [2.24, 2.45) is 7.05 Å². The number of carbonyl (C=O) groups is 1. The summed E-state index contributed by atoms with van der Waals surface area (Å²) >= 11 is 1.42. The second kappa shape index (κ2) is 7.96. The smallest absolute Gasteiger partial charge is 0.191 e. The van der Waals surface area contributed by atoms with Crippen LogP contribution in [0.5, 0.6) is 5.75 Å². The Kier molecular flexibility index (Phi) is 5.65. The van der Waals surface area contributed by atoms with Crippen LogP contribution in [0, 0.1) is 13.8 Å². The molecule has 3 rings (SSSR count). The maximum absolute atomic E-state index is 12.8. The molecule has 0 saturated heterocycles. The molecule has 0 unspecified atom stereocenters. The first-order chi connectivity index (χ1) is 12.9. The number of methoxy groups -OCH3 is 1. The highest BCUT2D eigenvalue weighted by Crippen LogP contribution is 2.28. The molecule has 0 aliphatic carbocycles. The molecule has 0 aliphatic rings. The normalized spacial score (nSPS) is 12.0. The van der Waals surface area contributed by atoms with Crippen LogP contribution in [0.1, 0.15) is 28.4 Å². The van der Waals surface area contributed by atoms with Gasteiger partial charge in [0.15, 0.2) is 16.8 Å². The number of Topliss-reactive ketones (excluding diaryl/α,β-unsaturated/α-hetero) is 1. The molecule has 2 aromatic carbocycles. The van der Waals surface area contributed by atoms with Crippen LogP contribution in [0.15, 0.2) is 47.6 Å². The van der Waals surface area contributed by atoms with Crippen LogP contribution >= 0.6 is 11.8 Å². The van der Waals surface area contributed by atoms with E-state index in [1.165, 1.54) is 17.3 Å². The van der Waals surface area contributed by atoms with Crippen LogP contribution in [-0.2, 0) is 7.05 Å². The number of ether oxygens (including phenoxy) is 1. The van der Waals surface area contributed by atoms with E-state index in [-0.39, 0.29) is 11.0 Å². The van der Waals surface area contributed by atoms with E-state index >= 15 is 0 Å². The fourth-order valence-corrected chi connectivity index (χ4v) is 3.64. The largest absolute Gasteiger partial charge is 0.497 e. The lowest BCUT2D eigenvalue weighted by atomic mass is 10.0. The molecule has 1 heterocycles. The summed E-state index contributed by atoms with van der Waals surface area (Å²) in [6, 6.07) is 13.5. The van der Waals surface area contributed by atoms with Crippen LogP contribution in [-0.4, -0.2) is 32.9 Å². The number of aromatic nitrogens is 3. The number of aryl methyl sites for hydroxylation is 2. The third-order valence-electron chi connectivity index (χ3n) is 4.63. The summed E-state index contributed by atoms with van der Waals surface area (Å²) < 4.78 is 7.11. The predicted octanol–water partition coefficient (Wildman–Crippen LogP) is 4.47. The molecular formula is C21H23N3O2S. The first-order valence-electron chi connectivity index (χ1n) is 8.72. The van der Waals surface area contributed by atoms with E-state index in [2.05, 4.69) is 10.2 Å². The molecule has 6 heteroatoms. The Balaban J connectivity index is 1.78. The number of ketones is 1. The molecule has 5 nitrogen and oxygen atoms in total. The number of thioether (sulfide) groups is 1. The first kappa shape index (κ1) is 19.2. The number of nitrogens with zero attached hydrogens (tertiary/aromatic N) is 3. The summed E-state index contributed by atoms with van der Waals surface area (Å²) in [6.07, 6.45) is 0. The Bertz CT molecular complexity index is 964. The van der Waals surface area contributed by atoms with E-state index in [1.807, 2.05) is 74.9 Å². The molecule has 1 atom stereocenters. The van der Waals surface area contributed by atoms with Gasteiger partial charge >= 0.3 is 0 Å². The van der Waals surface area contributed by atoms with Gasteiger partial charge in [0, 0.05) is 18.2 Å². The third-order valence-corrected chi connectivity index (χ3v) is 5.76. The van der Waals surface area contributed by atoms with E-state index < -0.39 is 0 Å². The van der Waals surface area contributed by atoms with Crippen molar-refractivity contribution in [2.45, 2.75) is 31.2 Å². The Labute approximate surface area is 163 Å². The molecule has 0 fully saturated rings. The van der Waals surface area contributed by atoms with Crippen molar-refractivity contribution >= 4 is 17.5 Å². The second-order valence-corrected chi connectivity index (χ2v) is 7.83. The van der Waals surface area contributed by atoms with Gasteiger partial charge in [-0.05, 0) is 62.2 Å². The molecule has 0 saturated carbocycles. The van der Waals surface area contributed by atoms with E-state index in [0.29, 0.717) is 5.16 Å². The average Bonchev–Trinajstić information content (AvgIpc) is 3.03. The molecule has 140 valence electrons. The first-order valence-corrected chi connectivity index (χ1v) is 9.60. The van der Waals surface area contributed by atoms with Gasteiger partial charge in [0.1, 0.15) is 5.75 Å². The topological polar surface area (TPSA) is 57.0 Å². The van der Waals surface area contributed by atoms with E-state index in [9.17, 15) is 4.79 Å². The minimum absolute atomic E-state index is 0.0945. The highest BCUT2D eigenvalue weighted by molar-refractivity contribution is 8.00. The van der Waals surface area contributed by atoms with E-state index in [4.69, 9.17) is 4.74 Å². The lowest BCUT2D eigenvalue weighted by Gasteiger charge is -2.11. The zero-order chi connectivity index (χ0) is 19.6. The molecular weight excluding hydrogens is 358 g/mol. The molecule has 0 radical (unpaired) electrons. The second-order valence-electron chi connectivity index (χ2n) is 6.52. The number of benzene rings is 2. The minimum atomic E-state index is -0.251. The monoisotopic (exact) mass is 381 g/mol. The van der Waals surface area contributed by atoms with Crippen LogP contribution in [0.2, 0.25) is 0 Å². The molecule has 0 N–H and O–H groups in total. The maximum atomic E-state index is 12.8. The van der Waals surface area contributed by atoms with Crippen molar-refractivity contribution in [3.05, 3.63) is 59.2 Å². The van der Waals surface area contributed by atoms with Crippen LogP contribution in [0.25, 0.3) is 11.4 Å². The molecule has 0 amide bonds. The standard InChI is InChI=1S/C21H23N3O2S/c1-13-6-7-17(12-14(13)2)19(25)15(3)27-21-23-22-20(24(21)4)16-8-10-18(26-5)11-9-16/h6-12,15H,1-5H3/t15-/m1/s1. The number of hydrogen-bond donors (Lipinski definition) is 0. The Hall–Kier alpha value is -2.60. The quantitative estimate of drug-likeness (QED) is 0.466. The fraction of sp³-hybridized carbons (Fsp3) is 0.286. The zero-order valence-corrected chi connectivity index (χ0v) is 17.0. The third kappa shape index (κ3) is 4.06. The summed E-state index contributed by atoms with van der Waals surface area (Å²) in [5, 5.41) is 9.03.